The van der Waals surface area contributed by atoms with Crippen LogP contribution in [-0.2, 0) is 9.53 Å². The lowest BCUT2D eigenvalue weighted by atomic mass is 10.2. The van der Waals surface area contributed by atoms with E-state index in [9.17, 15) is 4.79 Å². The maximum atomic E-state index is 11.1. The zero-order valence-corrected chi connectivity index (χ0v) is 8.89. The van der Waals surface area contributed by atoms with Crippen LogP contribution in [0.25, 0.3) is 0 Å². The van der Waals surface area contributed by atoms with Crippen LogP contribution in [0.3, 0.4) is 0 Å². The van der Waals surface area contributed by atoms with Crippen molar-refractivity contribution in [2.45, 2.75) is 25.0 Å². The van der Waals surface area contributed by atoms with E-state index in [1.165, 1.54) is 0 Å². The molecule has 0 bridgehead atoms. The number of amides is 1. The number of thioether (sulfide) groups is 1. The van der Waals surface area contributed by atoms with Crippen LogP contribution in [0.1, 0.15) is 12.8 Å². The Morgan fingerprint density at radius 2 is 2.36 bits per heavy atom. The van der Waals surface area contributed by atoms with Gasteiger partial charge in [-0.05, 0) is 12.8 Å². The summed E-state index contributed by atoms with van der Waals surface area (Å²) in [4.78, 5) is 11.1. The fraction of sp³-hybridized carbons (Fsp3) is 0.875. The smallest absolute Gasteiger partial charge is 0.263 e. The van der Waals surface area contributed by atoms with E-state index in [4.69, 9.17) is 16.3 Å². The molecule has 0 aromatic carbocycles. The first kappa shape index (κ1) is 11.8. The van der Waals surface area contributed by atoms with Crippen molar-refractivity contribution in [1.29, 1.82) is 0 Å². The summed E-state index contributed by atoms with van der Waals surface area (Å²) in [7, 11) is 0. The lowest BCUT2D eigenvalue weighted by Gasteiger charge is -2.11. The molecule has 1 aliphatic heterocycles. The monoisotopic (exact) mass is 219 g/mol. The van der Waals surface area contributed by atoms with Gasteiger partial charge in [0.05, 0.1) is 6.10 Å². The standard InChI is InChI=1S/C8H17N3O2S/c9-3-4-14-5-6-1-2-7(13-6)8(12)11-10/h6-7H,1-5,9-10H2,(H,11,12). The van der Waals surface area contributed by atoms with Crippen LogP contribution >= 0.6 is 11.8 Å². The average molecular weight is 219 g/mol. The molecule has 5 nitrogen and oxygen atoms in total. The van der Waals surface area contributed by atoms with Crippen LogP contribution in [0.4, 0.5) is 0 Å². The molecule has 1 rings (SSSR count). The normalized spacial score (nSPS) is 26.4. The quantitative estimate of drug-likeness (QED) is 0.244. The van der Waals surface area contributed by atoms with Gasteiger partial charge in [-0.2, -0.15) is 11.8 Å². The van der Waals surface area contributed by atoms with Crippen molar-refractivity contribution in [3.8, 4) is 0 Å². The Labute approximate surface area is 87.9 Å². The Morgan fingerprint density at radius 1 is 1.57 bits per heavy atom. The zero-order valence-electron chi connectivity index (χ0n) is 8.07. The van der Waals surface area contributed by atoms with E-state index >= 15 is 0 Å². The van der Waals surface area contributed by atoms with E-state index in [1.54, 1.807) is 11.8 Å². The van der Waals surface area contributed by atoms with Crippen LogP contribution in [0, 0.1) is 0 Å². The number of carbonyl (C=O) groups excluding carboxylic acids is 1. The molecule has 0 saturated carbocycles. The molecule has 5 N–H and O–H groups in total. The number of hydrogen-bond donors (Lipinski definition) is 3. The Morgan fingerprint density at radius 3 is 3.00 bits per heavy atom. The fourth-order valence-corrected chi connectivity index (χ4v) is 2.25. The van der Waals surface area contributed by atoms with Gasteiger partial charge in [0.2, 0.25) is 0 Å². The molecular weight excluding hydrogens is 202 g/mol. The minimum atomic E-state index is -0.358. The first-order valence-electron chi connectivity index (χ1n) is 4.71. The second-order valence-electron chi connectivity index (χ2n) is 3.20. The lowest BCUT2D eigenvalue weighted by Crippen LogP contribution is -2.39. The summed E-state index contributed by atoms with van der Waals surface area (Å²) < 4.78 is 5.51. The largest absolute Gasteiger partial charge is 0.364 e. The van der Waals surface area contributed by atoms with Gasteiger partial charge in [0.15, 0.2) is 0 Å². The summed E-state index contributed by atoms with van der Waals surface area (Å²) in [6.07, 6.45) is 1.50. The van der Waals surface area contributed by atoms with E-state index in [-0.39, 0.29) is 18.1 Å². The summed E-state index contributed by atoms with van der Waals surface area (Å²) in [5, 5.41) is 0. The van der Waals surface area contributed by atoms with E-state index < -0.39 is 0 Å². The second-order valence-corrected chi connectivity index (χ2v) is 4.35. The van der Waals surface area contributed by atoms with Crippen molar-refractivity contribution in [3.63, 3.8) is 0 Å². The van der Waals surface area contributed by atoms with Crippen molar-refractivity contribution in [3.05, 3.63) is 0 Å². The Kier molecular flexibility index (Phi) is 5.24. The van der Waals surface area contributed by atoms with Gasteiger partial charge in [0.1, 0.15) is 6.10 Å². The SMILES string of the molecule is NCCSCC1CCC(C(=O)NN)O1. The molecule has 1 heterocycles. The van der Waals surface area contributed by atoms with Crippen LogP contribution in [-0.4, -0.2) is 36.2 Å². The number of hydrazine groups is 1. The summed E-state index contributed by atoms with van der Waals surface area (Å²) in [5.41, 5.74) is 7.47. The third-order valence-electron chi connectivity index (χ3n) is 2.11. The second kappa shape index (κ2) is 6.23. The topological polar surface area (TPSA) is 90.4 Å². The molecule has 0 aromatic rings. The third kappa shape index (κ3) is 3.45. The highest BCUT2D eigenvalue weighted by Crippen LogP contribution is 2.22. The fourth-order valence-electron chi connectivity index (χ4n) is 1.41. The Bertz CT molecular complexity index is 191. The van der Waals surface area contributed by atoms with Crippen LogP contribution < -0.4 is 17.0 Å². The molecule has 2 atom stereocenters. The van der Waals surface area contributed by atoms with E-state index in [2.05, 4.69) is 5.43 Å². The van der Waals surface area contributed by atoms with Gasteiger partial charge in [-0.3, -0.25) is 10.2 Å². The number of hydrogen-bond acceptors (Lipinski definition) is 5. The number of ether oxygens (including phenoxy) is 1. The molecule has 0 aliphatic carbocycles. The molecule has 0 radical (unpaired) electrons. The molecule has 1 amide bonds. The van der Waals surface area contributed by atoms with E-state index in [0.717, 1.165) is 24.3 Å². The number of nitrogens with one attached hydrogen (secondary N) is 1. The predicted molar refractivity (Wildman–Crippen MR) is 56.6 cm³/mol. The van der Waals surface area contributed by atoms with Gasteiger partial charge < -0.3 is 10.5 Å². The molecule has 1 aliphatic rings. The van der Waals surface area contributed by atoms with Crippen molar-refractivity contribution in [2.24, 2.45) is 11.6 Å². The highest BCUT2D eigenvalue weighted by atomic mass is 32.2. The van der Waals surface area contributed by atoms with Gasteiger partial charge in [0.25, 0.3) is 5.91 Å². The number of carbonyl (C=O) groups is 1. The lowest BCUT2D eigenvalue weighted by molar-refractivity contribution is -0.131. The molecule has 0 aromatic heterocycles. The summed E-state index contributed by atoms with van der Waals surface area (Å²) in [6, 6.07) is 0. The molecule has 0 spiro atoms. The zero-order chi connectivity index (χ0) is 10.4. The molecule has 14 heavy (non-hydrogen) atoms. The summed E-state index contributed by atoms with van der Waals surface area (Å²) >= 11 is 1.76. The third-order valence-corrected chi connectivity index (χ3v) is 3.24. The van der Waals surface area contributed by atoms with Crippen LogP contribution in [0.15, 0.2) is 0 Å². The minimum absolute atomic E-state index is 0.175. The highest BCUT2D eigenvalue weighted by molar-refractivity contribution is 7.99. The van der Waals surface area contributed by atoms with Gasteiger partial charge in [-0.1, -0.05) is 0 Å². The van der Waals surface area contributed by atoms with Crippen molar-refractivity contribution >= 4 is 17.7 Å². The number of rotatable bonds is 5. The molecule has 82 valence electrons. The van der Waals surface area contributed by atoms with Crippen LogP contribution in [0.2, 0.25) is 0 Å². The van der Waals surface area contributed by atoms with Gasteiger partial charge in [0, 0.05) is 18.1 Å². The number of nitrogens with two attached hydrogens (primary N) is 2. The summed E-state index contributed by atoms with van der Waals surface area (Å²) in [6.45, 7) is 0.685. The molecule has 1 fully saturated rings. The maximum absolute atomic E-state index is 11.1. The van der Waals surface area contributed by atoms with E-state index in [0.29, 0.717) is 6.54 Å². The average Bonchev–Trinajstić information content (AvgIpc) is 2.66. The van der Waals surface area contributed by atoms with Gasteiger partial charge in [-0.25, -0.2) is 5.84 Å². The first-order chi connectivity index (χ1) is 6.77. The predicted octanol–water partition coefficient (Wildman–Crippen LogP) is -0.784. The van der Waals surface area contributed by atoms with Gasteiger partial charge >= 0.3 is 0 Å². The maximum Gasteiger partial charge on any atom is 0.263 e. The highest BCUT2D eigenvalue weighted by Gasteiger charge is 2.29. The Balaban J connectivity index is 2.17. The van der Waals surface area contributed by atoms with Crippen molar-refractivity contribution in [2.75, 3.05) is 18.1 Å². The molecule has 1 saturated heterocycles. The molecular formula is C8H17N3O2S. The van der Waals surface area contributed by atoms with Crippen molar-refractivity contribution in [1.82, 2.24) is 5.43 Å². The van der Waals surface area contributed by atoms with Crippen molar-refractivity contribution < 1.29 is 9.53 Å². The summed E-state index contributed by atoms with van der Waals surface area (Å²) in [5.74, 6) is 6.64. The van der Waals surface area contributed by atoms with E-state index in [1.807, 2.05) is 0 Å². The molecule has 6 heteroatoms. The minimum Gasteiger partial charge on any atom is -0.364 e. The van der Waals surface area contributed by atoms with Gasteiger partial charge in [-0.15, -0.1) is 0 Å². The first-order valence-corrected chi connectivity index (χ1v) is 5.87. The molecule has 2 unspecified atom stereocenters. The Hall–Kier alpha value is -0.300. The van der Waals surface area contributed by atoms with Crippen LogP contribution in [0.5, 0.6) is 0 Å².